The minimum Gasteiger partial charge on any atom is -0.362 e. The molecular weight excluding hydrogens is 180 g/mol. The Hall–Kier alpha value is 0. The maximum Gasteiger partial charge on any atom is 0.108 e. The third-order valence-corrected chi connectivity index (χ3v) is 2.22. The Bertz CT molecular complexity index is 113. The number of terminal acetylenes is 1. The molecule has 1 nitrogen and oxygen atoms in total. The average Bonchev–Trinajstić information content (AvgIpc) is 1.84. The van der Waals surface area contributed by atoms with Crippen molar-refractivity contribution in [3.63, 3.8) is 0 Å². The molecule has 0 spiro atoms. The smallest absolute Gasteiger partial charge is 0.108 e. The van der Waals surface area contributed by atoms with Crippen LogP contribution in [0.1, 0.15) is 13.8 Å². The Morgan fingerprint density at radius 1 is 1.67 bits per heavy atom. The van der Waals surface area contributed by atoms with Crippen LogP contribution in [0.2, 0.25) is 0 Å². The minimum atomic E-state index is -0.133. The van der Waals surface area contributed by atoms with Crippen LogP contribution in [0.3, 0.4) is 0 Å². The highest BCUT2D eigenvalue weighted by Gasteiger charge is 2.14. The number of hydrogen-bond donors (Lipinski definition) is 0. The molecule has 0 bridgehead atoms. The predicted octanol–water partition coefficient (Wildman–Crippen LogP) is 1.81. The molecule has 0 aromatic carbocycles. The highest BCUT2D eigenvalue weighted by molar-refractivity contribution is 9.09. The zero-order chi connectivity index (χ0) is 7.33. The predicted molar refractivity (Wildman–Crippen MR) is 42.7 cm³/mol. The molecule has 0 aliphatic rings. The van der Waals surface area contributed by atoms with Crippen LogP contribution in [-0.4, -0.2) is 17.5 Å². The monoisotopic (exact) mass is 190 g/mol. The second kappa shape index (κ2) is 3.92. The summed E-state index contributed by atoms with van der Waals surface area (Å²) in [5, 5.41) is 0.807. The second-order valence-corrected chi connectivity index (χ2v) is 2.95. The van der Waals surface area contributed by atoms with Gasteiger partial charge in [0.25, 0.3) is 0 Å². The lowest BCUT2D eigenvalue weighted by atomic mass is 10.2. The van der Waals surface area contributed by atoms with Gasteiger partial charge in [-0.25, -0.2) is 0 Å². The summed E-state index contributed by atoms with van der Waals surface area (Å²) in [4.78, 5) is 0. The molecule has 0 aromatic rings. The van der Waals surface area contributed by atoms with Gasteiger partial charge in [-0.3, -0.25) is 0 Å². The van der Waals surface area contributed by atoms with E-state index in [0.717, 1.165) is 5.33 Å². The topological polar surface area (TPSA) is 9.23 Å². The molecule has 0 aliphatic heterocycles. The Balaban J connectivity index is 3.48. The van der Waals surface area contributed by atoms with Crippen LogP contribution in [-0.2, 0) is 4.74 Å². The molecule has 0 saturated heterocycles. The largest absolute Gasteiger partial charge is 0.362 e. The zero-order valence-corrected chi connectivity index (χ0v) is 7.36. The summed E-state index contributed by atoms with van der Waals surface area (Å²) in [6.07, 6.45) is 5.00. The summed E-state index contributed by atoms with van der Waals surface area (Å²) in [7, 11) is 0. The van der Waals surface area contributed by atoms with Crippen LogP contribution in [0.15, 0.2) is 0 Å². The normalized spacial score (nSPS) is 10.9. The third-order valence-electron chi connectivity index (χ3n) is 0.868. The van der Waals surface area contributed by atoms with Crippen LogP contribution < -0.4 is 0 Å². The summed E-state index contributed by atoms with van der Waals surface area (Å²) in [5.74, 6) is 2.42. The Morgan fingerprint density at radius 3 is 2.56 bits per heavy atom. The highest BCUT2D eigenvalue weighted by atomic mass is 79.9. The van der Waals surface area contributed by atoms with Gasteiger partial charge in [-0.1, -0.05) is 21.9 Å². The molecule has 9 heavy (non-hydrogen) atoms. The zero-order valence-electron chi connectivity index (χ0n) is 5.78. The Morgan fingerprint density at radius 2 is 2.22 bits per heavy atom. The van der Waals surface area contributed by atoms with Crippen molar-refractivity contribution in [1.29, 1.82) is 0 Å². The lowest BCUT2D eigenvalue weighted by Crippen LogP contribution is -2.26. The van der Waals surface area contributed by atoms with Gasteiger partial charge in [0.15, 0.2) is 0 Å². The van der Waals surface area contributed by atoms with Crippen molar-refractivity contribution >= 4 is 15.9 Å². The molecule has 0 rings (SSSR count). The molecule has 2 heteroatoms. The highest BCUT2D eigenvalue weighted by Crippen LogP contribution is 2.10. The lowest BCUT2D eigenvalue weighted by molar-refractivity contribution is 0.0232. The van der Waals surface area contributed by atoms with Crippen molar-refractivity contribution in [3.8, 4) is 12.3 Å². The summed E-state index contributed by atoms with van der Waals surface area (Å²) in [6, 6.07) is 0. The second-order valence-electron chi connectivity index (χ2n) is 2.39. The van der Waals surface area contributed by atoms with E-state index in [9.17, 15) is 0 Å². The fourth-order valence-corrected chi connectivity index (χ4v) is 0.437. The van der Waals surface area contributed by atoms with Crippen LogP contribution in [0, 0.1) is 12.3 Å². The van der Waals surface area contributed by atoms with Gasteiger partial charge in [0.05, 0.1) is 5.60 Å². The molecule has 0 atom stereocenters. The first-order chi connectivity index (χ1) is 4.12. The van der Waals surface area contributed by atoms with Gasteiger partial charge in [0, 0.05) is 5.33 Å². The molecule has 0 fully saturated rings. The van der Waals surface area contributed by atoms with Gasteiger partial charge in [-0.05, 0) is 13.8 Å². The molecule has 52 valence electrons. The van der Waals surface area contributed by atoms with Gasteiger partial charge >= 0.3 is 0 Å². The van der Waals surface area contributed by atoms with Crippen molar-refractivity contribution < 1.29 is 4.74 Å². The van der Waals surface area contributed by atoms with Crippen LogP contribution >= 0.6 is 15.9 Å². The van der Waals surface area contributed by atoms with Crippen molar-refractivity contribution in [2.45, 2.75) is 19.4 Å². The van der Waals surface area contributed by atoms with Crippen molar-refractivity contribution in [2.24, 2.45) is 0 Å². The summed E-state index contributed by atoms with van der Waals surface area (Å²) in [6.45, 7) is 4.36. The molecule has 0 saturated carbocycles. The maximum absolute atomic E-state index is 5.24. The quantitative estimate of drug-likeness (QED) is 0.488. The first-order valence-corrected chi connectivity index (χ1v) is 3.88. The molecule has 0 N–H and O–H groups in total. The number of alkyl halides is 1. The van der Waals surface area contributed by atoms with E-state index in [0.29, 0.717) is 6.61 Å². The van der Waals surface area contributed by atoms with Crippen molar-refractivity contribution in [3.05, 3.63) is 0 Å². The fourth-order valence-electron chi connectivity index (χ4n) is 0.276. The van der Waals surface area contributed by atoms with Crippen LogP contribution in [0.5, 0.6) is 0 Å². The summed E-state index contributed by atoms with van der Waals surface area (Å²) in [5.41, 5.74) is -0.133. The van der Waals surface area contributed by atoms with E-state index in [-0.39, 0.29) is 5.60 Å². The van der Waals surface area contributed by atoms with Crippen LogP contribution in [0.25, 0.3) is 0 Å². The molecule has 0 radical (unpaired) electrons. The molecule has 0 heterocycles. The standard InChI is InChI=1S/C7H11BrO/c1-4-5-9-7(2,3)6-8/h1H,5-6H2,2-3H3. The van der Waals surface area contributed by atoms with Gasteiger partial charge in [0.2, 0.25) is 0 Å². The number of rotatable bonds is 3. The van der Waals surface area contributed by atoms with E-state index < -0.39 is 0 Å². The van der Waals surface area contributed by atoms with Crippen molar-refractivity contribution in [1.82, 2.24) is 0 Å². The fraction of sp³-hybridized carbons (Fsp3) is 0.714. The summed E-state index contributed by atoms with van der Waals surface area (Å²) < 4.78 is 5.24. The van der Waals surface area contributed by atoms with Crippen LogP contribution in [0.4, 0.5) is 0 Å². The van der Waals surface area contributed by atoms with Gasteiger partial charge in [0.1, 0.15) is 6.61 Å². The number of ether oxygens (including phenoxy) is 1. The molecule has 0 aromatic heterocycles. The maximum atomic E-state index is 5.24. The average molecular weight is 191 g/mol. The SMILES string of the molecule is C#CCOC(C)(C)CBr. The third kappa shape index (κ3) is 4.50. The van der Waals surface area contributed by atoms with E-state index in [2.05, 4.69) is 21.9 Å². The minimum absolute atomic E-state index is 0.133. The Labute approximate surface area is 64.9 Å². The Kier molecular flexibility index (Phi) is 3.92. The first kappa shape index (κ1) is 9.00. The molecular formula is C7H11BrO. The first-order valence-electron chi connectivity index (χ1n) is 2.76. The van der Waals surface area contributed by atoms with Crippen molar-refractivity contribution in [2.75, 3.05) is 11.9 Å². The van der Waals surface area contributed by atoms with E-state index in [1.807, 2.05) is 13.8 Å². The molecule has 0 unspecified atom stereocenters. The van der Waals surface area contributed by atoms with E-state index in [4.69, 9.17) is 11.2 Å². The van der Waals surface area contributed by atoms with Gasteiger partial charge in [-0.15, -0.1) is 6.42 Å². The number of halogens is 1. The van der Waals surface area contributed by atoms with Gasteiger partial charge in [-0.2, -0.15) is 0 Å². The number of hydrogen-bond acceptors (Lipinski definition) is 1. The van der Waals surface area contributed by atoms with Gasteiger partial charge < -0.3 is 4.74 Å². The lowest BCUT2D eigenvalue weighted by Gasteiger charge is -2.20. The van der Waals surface area contributed by atoms with E-state index in [1.165, 1.54) is 0 Å². The molecule has 0 aliphatic carbocycles. The summed E-state index contributed by atoms with van der Waals surface area (Å²) >= 11 is 3.31. The molecule has 0 amide bonds. The van der Waals surface area contributed by atoms with E-state index in [1.54, 1.807) is 0 Å². The van der Waals surface area contributed by atoms with E-state index >= 15 is 0 Å².